The highest BCUT2D eigenvalue weighted by Gasteiger charge is 2.33. The number of ketones is 1. The predicted octanol–water partition coefficient (Wildman–Crippen LogP) is 2.36. The fraction of sp³-hybridized carbons (Fsp3) is 0.421. The van der Waals surface area contributed by atoms with Gasteiger partial charge in [-0.3, -0.25) is 9.59 Å². The summed E-state index contributed by atoms with van der Waals surface area (Å²) in [5, 5.41) is 9.69. The number of halogens is 1. The molecule has 0 spiro atoms. The number of aromatic nitrogens is 1. The minimum atomic E-state index is -1.25. The van der Waals surface area contributed by atoms with Crippen molar-refractivity contribution in [2.75, 3.05) is 38.1 Å². The van der Waals surface area contributed by atoms with Gasteiger partial charge in [-0.15, -0.1) is 0 Å². The van der Waals surface area contributed by atoms with Gasteiger partial charge in [0.05, 0.1) is 16.8 Å². The molecule has 142 valence electrons. The van der Waals surface area contributed by atoms with Crippen molar-refractivity contribution in [1.82, 2.24) is 9.47 Å². The minimum Gasteiger partial charge on any atom is -0.477 e. The predicted molar refractivity (Wildman–Crippen MR) is 106 cm³/mol. The van der Waals surface area contributed by atoms with E-state index in [-0.39, 0.29) is 29.2 Å². The number of Topliss-reactive ketones (excluding diaryl/α,β-unsaturated/α-hetero) is 1. The molecule has 7 nitrogen and oxygen atoms in total. The number of hydrogen-bond donors (Lipinski definition) is 1. The number of carboxylic acids is 1. The largest absolute Gasteiger partial charge is 0.477 e. The Morgan fingerprint density at radius 1 is 1.22 bits per heavy atom. The quantitative estimate of drug-likeness (QED) is 0.782. The summed E-state index contributed by atoms with van der Waals surface area (Å²) in [4.78, 5) is 41.7. The van der Waals surface area contributed by atoms with Crippen molar-refractivity contribution in [2.24, 2.45) is 0 Å². The molecular formula is C19H20BrN3O4. The maximum absolute atomic E-state index is 13.0. The molecule has 1 aromatic heterocycles. The van der Waals surface area contributed by atoms with Crippen LogP contribution in [0.2, 0.25) is 0 Å². The number of benzene rings is 1. The van der Waals surface area contributed by atoms with Crippen LogP contribution in [-0.4, -0.2) is 59.6 Å². The van der Waals surface area contributed by atoms with E-state index < -0.39 is 11.4 Å². The minimum absolute atomic E-state index is 0.00907. The third-order valence-corrected chi connectivity index (χ3v) is 6.13. The summed E-state index contributed by atoms with van der Waals surface area (Å²) >= 11 is 3.54. The molecule has 0 amide bonds. The maximum atomic E-state index is 13.0. The first kappa shape index (κ1) is 18.2. The molecule has 1 fully saturated rings. The van der Waals surface area contributed by atoms with Gasteiger partial charge in [0, 0.05) is 54.7 Å². The van der Waals surface area contributed by atoms with Gasteiger partial charge in [0.15, 0.2) is 5.78 Å². The summed E-state index contributed by atoms with van der Waals surface area (Å²) < 4.78 is 2.44. The molecule has 2 aliphatic heterocycles. The number of aromatic carboxylic acids is 1. The van der Waals surface area contributed by atoms with Crippen LogP contribution in [0.1, 0.15) is 40.1 Å². The zero-order valence-corrected chi connectivity index (χ0v) is 16.7. The first-order chi connectivity index (χ1) is 12.8. The number of anilines is 1. The second-order valence-electron chi connectivity index (χ2n) is 7.33. The number of pyridine rings is 1. The molecule has 0 saturated carbocycles. The van der Waals surface area contributed by atoms with Gasteiger partial charge in [-0.2, -0.15) is 0 Å². The number of rotatable bonds is 2. The second-order valence-corrected chi connectivity index (χ2v) is 8.18. The normalized spacial score (nSPS) is 20.3. The molecule has 3 heterocycles. The van der Waals surface area contributed by atoms with Crippen LogP contribution >= 0.6 is 15.9 Å². The van der Waals surface area contributed by atoms with Crippen molar-refractivity contribution in [2.45, 2.75) is 19.4 Å². The van der Waals surface area contributed by atoms with Crippen LogP contribution in [0.25, 0.3) is 10.9 Å². The van der Waals surface area contributed by atoms with Crippen LogP contribution in [0.4, 0.5) is 5.69 Å². The standard InChI is InChI=1S/C19H20BrN3O4/c1-10-7-14(24)15-16-11(18(25)12(19(26)27)9-23(10)16)8-13(20)17(15)22-5-3-21(2)4-6-22/h8-10H,3-7H2,1-2H3,(H,26,27). The van der Waals surface area contributed by atoms with Gasteiger partial charge in [0.25, 0.3) is 0 Å². The zero-order valence-electron chi connectivity index (χ0n) is 15.2. The number of carboxylic acid groups (broad SMARTS) is 1. The smallest absolute Gasteiger partial charge is 0.341 e. The van der Waals surface area contributed by atoms with Crippen LogP contribution in [-0.2, 0) is 0 Å². The van der Waals surface area contributed by atoms with Gasteiger partial charge in [0.1, 0.15) is 5.56 Å². The molecule has 0 bridgehead atoms. The molecule has 27 heavy (non-hydrogen) atoms. The average molecular weight is 434 g/mol. The van der Waals surface area contributed by atoms with Crippen LogP contribution in [0.5, 0.6) is 0 Å². The van der Waals surface area contributed by atoms with E-state index in [1.165, 1.54) is 6.20 Å². The molecule has 4 rings (SSSR count). The number of piperazine rings is 1. The van der Waals surface area contributed by atoms with Crippen molar-refractivity contribution in [3.8, 4) is 0 Å². The molecule has 1 aromatic carbocycles. The number of carbonyl (C=O) groups excluding carboxylic acids is 1. The van der Waals surface area contributed by atoms with E-state index in [2.05, 4.69) is 32.8 Å². The Hall–Kier alpha value is -2.19. The Kier molecular flexibility index (Phi) is 4.35. The Morgan fingerprint density at radius 2 is 1.89 bits per heavy atom. The van der Waals surface area contributed by atoms with Crippen molar-refractivity contribution in [3.63, 3.8) is 0 Å². The Balaban J connectivity index is 2.06. The Morgan fingerprint density at radius 3 is 2.52 bits per heavy atom. The first-order valence-corrected chi connectivity index (χ1v) is 9.70. The molecular weight excluding hydrogens is 414 g/mol. The highest BCUT2D eigenvalue weighted by Crippen LogP contribution is 2.41. The van der Waals surface area contributed by atoms with Gasteiger partial charge in [0.2, 0.25) is 5.43 Å². The van der Waals surface area contributed by atoms with E-state index in [0.29, 0.717) is 15.6 Å². The summed E-state index contributed by atoms with van der Waals surface area (Å²) in [6.45, 7) is 5.22. The van der Waals surface area contributed by atoms with E-state index in [0.717, 1.165) is 31.9 Å². The number of hydrogen-bond acceptors (Lipinski definition) is 5. The number of nitrogens with zero attached hydrogens (tertiary/aromatic N) is 3. The van der Waals surface area contributed by atoms with Crippen molar-refractivity contribution >= 4 is 44.3 Å². The molecule has 1 atom stereocenters. The molecule has 8 heteroatoms. The maximum Gasteiger partial charge on any atom is 0.341 e. The molecule has 2 aliphatic rings. The van der Waals surface area contributed by atoms with Gasteiger partial charge in [-0.1, -0.05) is 0 Å². The van der Waals surface area contributed by atoms with E-state index in [9.17, 15) is 19.5 Å². The zero-order chi connectivity index (χ0) is 19.5. The van der Waals surface area contributed by atoms with Crippen molar-refractivity contribution < 1.29 is 14.7 Å². The monoisotopic (exact) mass is 433 g/mol. The van der Waals surface area contributed by atoms with Crippen LogP contribution in [0, 0.1) is 0 Å². The third kappa shape index (κ3) is 2.78. The fourth-order valence-corrected chi connectivity index (χ4v) is 4.73. The lowest BCUT2D eigenvalue weighted by Gasteiger charge is -2.37. The van der Waals surface area contributed by atoms with E-state index in [1.54, 1.807) is 10.6 Å². The molecule has 0 aliphatic carbocycles. The Bertz CT molecular complexity index is 1040. The number of likely N-dealkylation sites (N-methyl/N-ethyl adjacent to an activating group) is 1. The SMILES string of the molecule is CC1CC(=O)c2c(N3CCN(C)CC3)c(Br)cc3c(=O)c(C(=O)O)cn1c23. The highest BCUT2D eigenvalue weighted by molar-refractivity contribution is 9.10. The highest BCUT2D eigenvalue weighted by atomic mass is 79.9. The van der Waals surface area contributed by atoms with E-state index in [4.69, 9.17) is 0 Å². The summed E-state index contributed by atoms with van der Waals surface area (Å²) in [6, 6.07) is 1.47. The van der Waals surface area contributed by atoms with Crippen molar-refractivity contribution in [1.29, 1.82) is 0 Å². The molecule has 0 radical (unpaired) electrons. The molecule has 1 unspecified atom stereocenters. The summed E-state index contributed by atoms with van der Waals surface area (Å²) in [5.41, 5.74) is 1.06. The van der Waals surface area contributed by atoms with Gasteiger partial charge in [-0.05, 0) is 36.0 Å². The fourth-order valence-electron chi connectivity index (χ4n) is 4.05. The van der Waals surface area contributed by atoms with Gasteiger partial charge in [-0.25, -0.2) is 4.79 Å². The lowest BCUT2D eigenvalue weighted by atomic mass is 9.92. The number of carbonyl (C=O) groups is 2. The Labute approximate surface area is 164 Å². The second kappa shape index (κ2) is 6.45. The molecule has 2 aromatic rings. The topological polar surface area (TPSA) is 82.8 Å². The summed E-state index contributed by atoms with van der Waals surface area (Å²) in [6.07, 6.45) is 1.66. The summed E-state index contributed by atoms with van der Waals surface area (Å²) in [7, 11) is 2.06. The van der Waals surface area contributed by atoms with E-state index in [1.807, 2.05) is 6.92 Å². The average Bonchev–Trinajstić information content (AvgIpc) is 2.61. The van der Waals surface area contributed by atoms with Crippen LogP contribution in [0.15, 0.2) is 21.5 Å². The van der Waals surface area contributed by atoms with Crippen molar-refractivity contribution in [3.05, 3.63) is 38.1 Å². The first-order valence-electron chi connectivity index (χ1n) is 8.91. The van der Waals surface area contributed by atoms with E-state index >= 15 is 0 Å². The van der Waals surface area contributed by atoms with Crippen LogP contribution < -0.4 is 10.3 Å². The van der Waals surface area contributed by atoms with Gasteiger partial charge < -0.3 is 19.5 Å². The summed E-state index contributed by atoms with van der Waals surface area (Å²) in [5.74, 6) is -1.26. The molecule has 1 N–H and O–H groups in total. The lowest BCUT2D eigenvalue weighted by Crippen LogP contribution is -2.45. The van der Waals surface area contributed by atoms with Gasteiger partial charge >= 0.3 is 5.97 Å². The third-order valence-electron chi connectivity index (χ3n) is 5.53. The molecule has 1 saturated heterocycles. The van der Waals surface area contributed by atoms with Crippen LogP contribution in [0.3, 0.4) is 0 Å². The lowest BCUT2D eigenvalue weighted by molar-refractivity contribution is 0.0694.